The lowest BCUT2D eigenvalue weighted by molar-refractivity contribution is 0.162. The molecule has 0 spiro atoms. The van der Waals surface area contributed by atoms with Gasteiger partial charge in [0.15, 0.2) is 0 Å². The SMILES string of the molecule is CCN1CCC2NNC(c3ccccc3)C2C1. The van der Waals surface area contributed by atoms with E-state index in [0.29, 0.717) is 18.0 Å². The molecule has 3 atom stereocenters. The first-order valence-electron chi connectivity index (χ1n) is 6.67. The molecule has 92 valence electrons. The van der Waals surface area contributed by atoms with Crippen molar-refractivity contribution in [2.75, 3.05) is 19.6 Å². The number of piperidine rings is 1. The maximum Gasteiger partial charge on any atom is 0.0518 e. The van der Waals surface area contributed by atoms with Gasteiger partial charge < -0.3 is 4.90 Å². The van der Waals surface area contributed by atoms with Crippen LogP contribution in [-0.2, 0) is 0 Å². The van der Waals surface area contributed by atoms with Crippen LogP contribution in [0.3, 0.4) is 0 Å². The molecular weight excluding hydrogens is 210 g/mol. The summed E-state index contributed by atoms with van der Waals surface area (Å²) in [6.45, 7) is 5.87. The summed E-state index contributed by atoms with van der Waals surface area (Å²) in [7, 11) is 0. The maximum absolute atomic E-state index is 3.48. The fraction of sp³-hybridized carbons (Fsp3) is 0.571. The standard InChI is InChI=1S/C14H21N3/c1-2-17-9-8-13-12(10-17)14(16-15-13)11-6-4-3-5-7-11/h3-7,12-16H,2,8-10H2,1H3. The Morgan fingerprint density at radius 3 is 2.82 bits per heavy atom. The summed E-state index contributed by atoms with van der Waals surface area (Å²) in [6.07, 6.45) is 1.26. The highest BCUT2D eigenvalue weighted by Gasteiger charge is 2.39. The lowest BCUT2D eigenvalue weighted by Crippen LogP contribution is -2.45. The molecule has 2 heterocycles. The molecule has 2 fully saturated rings. The Balaban J connectivity index is 1.78. The van der Waals surface area contributed by atoms with E-state index in [1.54, 1.807) is 0 Å². The van der Waals surface area contributed by atoms with Gasteiger partial charge >= 0.3 is 0 Å². The van der Waals surface area contributed by atoms with Crippen molar-refractivity contribution >= 4 is 0 Å². The summed E-state index contributed by atoms with van der Waals surface area (Å²) in [5.41, 5.74) is 8.37. The van der Waals surface area contributed by atoms with E-state index >= 15 is 0 Å². The minimum atomic E-state index is 0.468. The predicted octanol–water partition coefficient (Wildman–Crippen LogP) is 1.55. The van der Waals surface area contributed by atoms with Crippen LogP contribution in [0.5, 0.6) is 0 Å². The molecule has 0 aliphatic carbocycles. The summed E-state index contributed by atoms with van der Waals surface area (Å²) in [6, 6.07) is 11.9. The van der Waals surface area contributed by atoms with Gasteiger partial charge in [-0.2, -0.15) is 0 Å². The first kappa shape index (κ1) is 11.2. The lowest BCUT2D eigenvalue weighted by Gasteiger charge is -2.35. The lowest BCUT2D eigenvalue weighted by atomic mass is 9.85. The minimum Gasteiger partial charge on any atom is -0.303 e. The highest BCUT2D eigenvalue weighted by Crippen LogP contribution is 2.33. The second kappa shape index (κ2) is 4.77. The Hall–Kier alpha value is -0.900. The van der Waals surface area contributed by atoms with Gasteiger partial charge in [0.05, 0.1) is 6.04 Å². The number of likely N-dealkylation sites (tertiary alicyclic amines) is 1. The van der Waals surface area contributed by atoms with Gasteiger partial charge in [0.2, 0.25) is 0 Å². The Morgan fingerprint density at radius 2 is 2.06 bits per heavy atom. The second-order valence-corrected chi connectivity index (χ2v) is 5.13. The topological polar surface area (TPSA) is 27.3 Å². The molecule has 3 heteroatoms. The third-order valence-corrected chi connectivity index (χ3v) is 4.20. The normalized spacial score (nSPS) is 33.6. The van der Waals surface area contributed by atoms with Gasteiger partial charge in [0.25, 0.3) is 0 Å². The molecule has 3 unspecified atom stereocenters. The van der Waals surface area contributed by atoms with Crippen molar-refractivity contribution in [1.82, 2.24) is 15.8 Å². The molecule has 0 aromatic heterocycles. The summed E-state index contributed by atoms with van der Waals surface area (Å²) in [4.78, 5) is 2.56. The van der Waals surface area contributed by atoms with Crippen LogP contribution >= 0.6 is 0 Å². The van der Waals surface area contributed by atoms with E-state index in [-0.39, 0.29) is 0 Å². The summed E-state index contributed by atoms with van der Waals surface area (Å²) < 4.78 is 0. The number of fused-ring (bicyclic) bond motifs is 1. The van der Waals surface area contributed by atoms with Crippen LogP contribution in [-0.4, -0.2) is 30.6 Å². The molecule has 1 aromatic rings. The van der Waals surface area contributed by atoms with E-state index in [9.17, 15) is 0 Å². The Morgan fingerprint density at radius 1 is 1.24 bits per heavy atom. The number of nitrogens with one attached hydrogen (secondary N) is 2. The van der Waals surface area contributed by atoms with Crippen molar-refractivity contribution < 1.29 is 0 Å². The predicted molar refractivity (Wildman–Crippen MR) is 69.5 cm³/mol. The monoisotopic (exact) mass is 231 g/mol. The number of benzene rings is 1. The molecule has 0 amide bonds. The van der Waals surface area contributed by atoms with Crippen molar-refractivity contribution in [3.8, 4) is 0 Å². The molecule has 3 rings (SSSR count). The van der Waals surface area contributed by atoms with E-state index in [4.69, 9.17) is 0 Å². The summed E-state index contributed by atoms with van der Waals surface area (Å²) in [5.74, 6) is 0.700. The fourth-order valence-corrected chi connectivity index (χ4v) is 3.15. The molecule has 2 N–H and O–H groups in total. The van der Waals surface area contributed by atoms with Crippen LogP contribution in [0.25, 0.3) is 0 Å². The molecule has 0 bridgehead atoms. The number of rotatable bonds is 2. The van der Waals surface area contributed by atoms with E-state index in [1.807, 2.05) is 0 Å². The van der Waals surface area contributed by atoms with E-state index in [1.165, 1.54) is 31.6 Å². The minimum absolute atomic E-state index is 0.468. The zero-order valence-corrected chi connectivity index (χ0v) is 10.4. The van der Waals surface area contributed by atoms with Crippen LogP contribution in [0, 0.1) is 5.92 Å². The molecule has 2 saturated heterocycles. The third kappa shape index (κ3) is 2.10. The van der Waals surface area contributed by atoms with E-state index < -0.39 is 0 Å². The van der Waals surface area contributed by atoms with Crippen LogP contribution in [0.4, 0.5) is 0 Å². The molecular formula is C14H21N3. The molecule has 0 saturated carbocycles. The van der Waals surface area contributed by atoms with Crippen molar-refractivity contribution in [2.24, 2.45) is 5.92 Å². The summed E-state index contributed by atoms with van der Waals surface area (Å²) in [5, 5.41) is 0. The van der Waals surface area contributed by atoms with Crippen LogP contribution in [0.1, 0.15) is 24.9 Å². The summed E-state index contributed by atoms with van der Waals surface area (Å²) >= 11 is 0. The van der Waals surface area contributed by atoms with Crippen LogP contribution in [0.15, 0.2) is 30.3 Å². The molecule has 2 aliphatic heterocycles. The molecule has 0 radical (unpaired) electrons. The number of hydrogen-bond donors (Lipinski definition) is 2. The van der Waals surface area contributed by atoms with Crippen LogP contribution in [0.2, 0.25) is 0 Å². The van der Waals surface area contributed by atoms with Gasteiger partial charge in [0, 0.05) is 18.5 Å². The van der Waals surface area contributed by atoms with Gasteiger partial charge in [-0.05, 0) is 25.1 Å². The second-order valence-electron chi connectivity index (χ2n) is 5.13. The van der Waals surface area contributed by atoms with Crippen molar-refractivity contribution in [3.63, 3.8) is 0 Å². The number of hydrogen-bond acceptors (Lipinski definition) is 3. The Kier molecular flexibility index (Phi) is 3.14. The first-order chi connectivity index (χ1) is 8.38. The van der Waals surface area contributed by atoms with Gasteiger partial charge in [-0.25, -0.2) is 5.43 Å². The number of hydrazine groups is 1. The van der Waals surface area contributed by atoms with Crippen molar-refractivity contribution in [3.05, 3.63) is 35.9 Å². The van der Waals surface area contributed by atoms with Gasteiger partial charge in [0.1, 0.15) is 0 Å². The highest BCUT2D eigenvalue weighted by atomic mass is 15.4. The van der Waals surface area contributed by atoms with Gasteiger partial charge in [-0.3, -0.25) is 5.43 Å². The average molecular weight is 231 g/mol. The molecule has 3 nitrogen and oxygen atoms in total. The van der Waals surface area contributed by atoms with E-state index in [2.05, 4.69) is 53.0 Å². The average Bonchev–Trinajstić information content (AvgIpc) is 2.82. The zero-order valence-electron chi connectivity index (χ0n) is 10.4. The Labute approximate surface area is 103 Å². The smallest absolute Gasteiger partial charge is 0.0518 e. The molecule has 2 aliphatic rings. The molecule has 1 aromatic carbocycles. The molecule has 17 heavy (non-hydrogen) atoms. The zero-order chi connectivity index (χ0) is 11.7. The third-order valence-electron chi connectivity index (χ3n) is 4.20. The van der Waals surface area contributed by atoms with Crippen LogP contribution < -0.4 is 10.9 Å². The maximum atomic E-state index is 3.48. The Bertz CT molecular complexity index is 365. The first-order valence-corrected chi connectivity index (χ1v) is 6.67. The largest absolute Gasteiger partial charge is 0.303 e. The number of nitrogens with zero attached hydrogens (tertiary/aromatic N) is 1. The van der Waals surface area contributed by atoms with Crippen molar-refractivity contribution in [2.45, 2.75) is 25.4 Å². The van der Waals surface area contributed by atoms with Gasteiger partial charge in [-0.1, -0.05) is 37.3 Å². The van der Waals surface area contributed by atoms with Gasteiger partial charge in [-0.15, -0.1) is 0 Å². The fourth-order valence-electron chi connectivity index (χ4n) is 3.15. The van der Waals surface area contributed by atoms with E-state index in [0.717, 1.165) is 0 Å². The van der Waals surface area contributed by atoms with Crippen molar-refractivity contribution in [1.29, 1.82) is 0 Å². The quantitative estimate of drug-likeness (QED) is 0.808. The highest BCUT2D eigenvalue weighted by molar-refractivity contribution is 5.22.